The molecule has 1 amide bonds. The molecule has 134 valence electrons. The molecule has 1 N–H and O–H groups in total. The number of aromatic nitrogens is 3. The number of carbonyl (C=O) groups excluding carboxylic acids is 1. The molecule has 2 heterocycles. The monoisotopic (exact) mass is 366 g/mol. The second-order valence-electron chi connectivity index (χ2n) is 6.29. The summed E-state index contributed by atoms with van der Waals surface area (Å²) in [5.41, 5.74) is 1.68. The van der Waals surface area contributed by atoms with Crippen molar-refractivity contribution in [1.29, 1.82) is 0 Å². The van der Waals surface area contributed by atoms with Crippen LogP contribution in [0.25, 0.3) is 5.82 Å². The Morgan fingerprint density at radius 3 is 2.50 bits per heavy atom. The van der Waals surface area contributed by atoms with Crippen molar-refractivity contribution in [2.45, 2.75) is 37.3 Å². The molecule has 6 heteroatoms. The van der Waals surface area contributed by atoms with Gasteiger partial charge in [-0.05, 0) is 36.8 Å². The fourth-order valence-corrected chi connectivity index (χ4v) is 3.41. The third kappa shape index (κ3) is 4.73. The van der Waals surface area contributed by atoms with Gasteiger partial charge in [0.05, 0.1) is 18.3 Å². The number of thioether (sulfide) groups is 1. The lowest BCUT2D eigenvalue weighted by Crippen LogP contribution is -2.14. The first kappa shape index (κ1) is 18.2. The zero-order chi connectivity index (χ0) is 18.5. The van der Waals surface area contributed by atoms with Crippen LogP contribution in [0.15, 0.2) is 59.9 Å². The molecule has 2 aromatic heterocycles. The fraction of sp³-hybridized carbons (Fsp3) is 0.250. The topological polar surface area (TPSA) is 59.8 Å². The van der Waals surface area contributed by atoms with Gasteiger partial charge in [-0.2, -0.15) is 0 Å². The number of carbonyl (C=O) groups is 1. The van der Waals surface area contributed by atoms with Gasteiger partial charge in [0.1, 0.15) is 11.6 Å². The van der Waals surface area contributed by atoms with Gasteiger partial charge < -0.3 is 5.32 Å². The van der Waals surface area contributed by atoms with E-state index < -0.39 is 0 Å². The van der Waals surface area contributed by atoms with Gasteiger partial charge >= 0.3 is 0 Å². The summed E-state index contributed by atoms with van der Waals surface area (Å²) >= 11 is 1.81. The van der Waals surface area contributed by atoms with Gasteiger partial charge in [0, 0.05) is 22.5 Å². The first-order valence-electron chi connectivity index (χ1n) is 8.53. The summed E-state index contributed by atoms with van der Waals surface area (Å²) in [5.74, 6) is 1.59. The molecule has 26 heavy (non-hydrogen) atoms. The van der Waals surface area contributed by atoms with Crippen molar-refractivity contribution in [3.63, 3.8) is 0 Å². The van der Waals surface area contributed by atoms with E-state index in [2.05, 4.69) is 41.3 Å². The minimum Gasteiger partial charge on any atom is -0.324 e. The SMILES string of the molecule is Cc1nccn1-c1ccc(NC(=O)Cc2ccc(SC(C)C)cc2)cn1. The summed E-state index contributed by atoms with van der Waals surface area (Å²) in [7, 11) is 0. The molecule has 0 aliphatic rings. The quantitative estimate of drug-likeness (QED) is 0.662. The third-order valence-electron chi connectivity index (χ3n) is 3.76. The Labute approximate surface area is 157 Å². The number of nitrogens with zero attached hydrogens (tertiary/aromatic N) is 3. The molecule has 0 spiro atoms. The molecule has 0 fully saturated rings. The molecular formula is C20H22N4OS. The lowest BCUT2D eigenvalue weighted by atomic mass is 10.1. The Kier molecular flexibility index (Phi) is 5.73. The molecule has 0 aliphatic carbocycles. The smallest absolute Gasteiger partial charge is 0.228 e. The number of benzene rings is 1. The number of hydrogen-bond acceptors (Lipinski definition) is 4. The first-order valence-corrected chi connectivity index (χ1v) is 9.41. The van der Waals surface area contributed by atoms with Crippen LogP contribution in [0.5, 0.6) is 0 Å². The second-order valence-corrected chi connectivity index (χ2v) is 7.93. The zero-order valence-corrected chi connectivity index (χ0v) is 16.0. The predicted molar refractivity (Wildman–Crippen MR) is 106 cm³/mol. The van der Waals surface area contributed by atoms with Crippen LogP contribution in [-0.4, -0.2) is 25.7 Å². The van der Waals surface area contributed by atoms with Crippen molar-refractivity contribution in [2.75, 3.05) is 5.32 Å². The van der Waals surface area contributed by atoms with E-state index in [1.807, 2.05) is 53.7 Å². The van der Waals surface area contributed by atoms with E-state index in [9.17, 15) is 4.79 Å². The normalized spacial score (nSPS) is 10.9. The van der Waals surface area contributed by atoms with E-state index in [0.29, 0.717) is 17.4 Å². The number of amides is 1. The van der Waals surface area contributed by atoms with Gasteiger partial charge in [0.2, 0.25) is 5.91 Å². The van der Waals surface area contributed by atoms with Crippen LogP contribution in [0.2, 0.25) is 0 Å². The molecule has 3 aromatic rings. The van der Waals surface area contributed by atoms with E-state index in [-0.39, 0.29) is 5.91 Å². The number of anilines is 1. The van der Waals surface area contributed by atoms with Crippen molar-refractivity contribution in [2.24, 2.45) is 0 Å². The Bertz CT molecular complexity index is 870. The van der Waals surface area contributed by atoms with E-state index in [4.69, 9.17) is 0 Å². The summed E-state index contributed by atoms with van der Waals surface area (Å²) in [6.45, 7) is 6.25. The molecule has 0 saturated carbocycles. The third-order valence-corrected chi connectivity index (χ3v) is 4.78. The highest BCUT2D eigenvalue weighted by molar-refractivity contribution is 7.99. The predicted octanol–water partition coefficient (Wildman–Crippen LogP) is 4.26. The summed E-state index contributed by atoms with van der Waals surface area (Å²) in [4.78, 5) is 22.0. The molecule has 0 atom stereocenters. The molecule has 0 unspecified atom stereocenters. The maximum atomic E-state index is 12.3. The number of hydrogen-bond donors (Lipinski definition) is 1. The zero-order valence-electron chi connectivity index (χ0n) is 15.1. The summed E-state index contributed by atoms with van der Waals surface area (Å²) < 4.78 is 1.89. The Morgan fingerprint density at radius 2 is 1.92 bits per heavy atom. The second kappa shape index (κ2) is 8.19. The van der Waals surface area contributed by atoms with Crippen LogP contribution in [0.3, 0.4) is 0 Å². The number of imidazole rings is 1. The average molecular weight is 366 g/mol. The molecule has 5 nitrogen and oxygen atoms in total. The van der Waals surface area contributed by atoms with Gasteiger partial charge in [-0.3, -0.25) is 9.36 Å². The van der Waals surface area contributed by atoms with E-state index in [1.54, 1.807) is 12.4 Å². The average Bonchev–Trinajstić information content (AvgIpc) is 3.03. The van der Waals surface area contributed by atoms with E-state index in [1.165, 1.54) is 4.90 Å². The minimum atomic E-state index is -0.0531. The Morgan fingerprint density at radius 1 is 1.15 bits per heavy atom. The standard InChI is InChI=1S/C20H22N4OS/c1-14(2)26-18-7-4-16(5-8-18)12-20(25)23-17-6-9-19(22-13-17)24-11-10-21-15(24)3/h4-11,13-14H,12H2,1-3H3,(H,23,25). The highest BCUT2D eigenvalue weighted by Crippen LogP contribution is 2.23. The van der Waals surface area contributed by atoms with Crippen molar-refractivity contribution >= 4 is 23.4 Å². The molecule has 0 saturated heterocycles. The van der Waals surface area contributed by atoms with Gasteiger partial charge in [-0.1, -0.05) is 26.0 Å². The van der Waals surface area contributed by atoms with Gasteiger partial charge in [0.15, 0.2) is 0 Å². The van der Waals surface area contributed by atoms with Crippen molar-refractivity contribution in [3.05, 3.63) is 66.4 Å². The highest BCUT2D eigenvalue weighted by atomic mass is 32.2. The van der Waals surface area contributed by atoms with Crippen LogP contribution >= 0.6 is 11.8 Å². The minimum absolute atomic E-state index is 0.0531. The Balaban J connectivity index is 1.59. The number of aryl methyl sites for hydroxylation is 1. The number of pyridine rings is 1. The molecule has 1 aromatic carbocycles. The maximum Gasteiger partial charge on any atom is 0.228 e. The van der Waals surface area contributed by atoms with E-state index >= 15 is 0 Å². The Hall–Kier alpha value is -2.60. The lowest BCUT2D eigenvalue weighted by Gasteiger charge is -2.08. The molecular weight excluding hydrogens is 344 g/mol. The summed E-state index contributed by atoms with van der Waals surface area (Å²) in [6, 6.07) is 11.9. The number of rotatable bonds is 6. The van der Waals surface area contributed by atoms with Gasteiger partial charge in [-0.15, -0.1) is 11.8 Å². The largest absolute Gasteiger partial charge is 0.324 e. The number of nitrogens with one attached hydrogen (secondary N) is 1. The van der Waals surface area contributed by atoms with Crippen molar-refractivity contribution in [1.82, 2.24) is 14.5 Å². The molecule has 3 rings (SSSR count). The van der Waals surface area contributed by atoms with Crippen LogP contribution in [0, 0.1) is 6.92 Å². The van der Waals surface area contributed by atoms with Gasteiger partial charge in [0.25, 0.3) is 0 Å². The van der Waals surface area contributed by atoms with Crippen molar-refractivity contribution < 1.29 is 4.79 Å². The molecule has 0 aliphatic heterocycles. The van der Waals surface area contributed by atoms with E-state index in [0.717, 1.165) is 17.2 Å². The van der Waals surface area contributed by atoms with Gasteiger partial charge in [-0.25, -0.2) is 9.97 Å². The van der Waals surface area contributed by atoms with Crippen molar-refractivity contribution in [3.8, 4) is 5.82 Å². The van der Waals surface area contributed by atoms with Crippen LogP contribution in [0.1, 0.15) is 25.2 Å². The van der Waals surface area contributed by atoms with Crippen LogP contribution < -0.4 is 5.32 Å². The summed E-state index contributed by atoms with van der Waals surface area (Å²) in [6.07, 6.45) is 5.60. The van der Waals surface area contributed by atoms with Crippen LogP contribution in [-0.2, 0) is 11.2 Å². The molecule has 0 radical (unpaired) electrons. The lowest BCUT2D eigenvalue weighted by molar-refractivity contribution is -0.115. The maximum absolute atomic E-state index is 12.3. The highest BCUT2D eigenvalue weighted by Gasteiger charge is 2.07. The fourth-order valence-electron chi connectivity index (χ4n) is 2.57. The summed E-state index contributed by atoms with van der Waals surface area (Å²) in [5, 5.41) is 3.44. The first-order chi connectivity index (χ1) is 12.5. The van der Waals surface area contributed by atoms with Crippen LogP contribution in [0.4, 0.5) is 5.69 Å². The molecule has 0 bridgehead atoms.